The van der Waals surface area contributed by atoms with Gasteiger partial charge in [0.15, 0.2) is 21.2 Å². The highest BCUT2D eigenvalue weighted by molar-refractivity contribution is 8.13. The summed E-state index contributed by atoms with van der Waals surface area (Å²) in [6.45, 7) is 1.83. The van der Waals surface area contributed by atoms with Gasteiger partial charge in [-0.2, -0.15) is 5.26 Å². The van der Waals surface area contributed by atoms with E-state index in [0.717, 1.165) is 0 Å². The Balaban J connectivity index is 2.97. The van der Waals surface area contributed by atoms with Gasteiger partial charge in [-0.15, -0.1) is 0 Å². The van der Waals surface area contributed by atoms with E-state index in [-0.39, 0.29) is 5.75 Å². The lowest BCUT2D eigenvalue weighted by Crippen LogP contribution is -2.12. The summed E-state index contributed by atoms with van der Waals surface area (Å²) in [4.78, 5) is 4.49. The molecule has 19 heavy (non-hydrogen) atoms. The second kappa shape index (κ2) is 7.16. The van der Waals surface area contributed by atoms with Gasteiger partial charge in [0.2, 0.25) is 0 Å². The highest BCUT2D eigenvalue weighted by Gasteiger charge is 2.12. The van der Waals surface area contributed by atoms with Crippen LogP contribution in [-0.2, 0) is 9.84 Å². The van der Waals surface area contributed by atoms with Crippen LogP contribution in [0.1, 0.15) is 13.3 Å². The van der Waals surface area contributed by atoms with Crippen LogP contribution >= 0.6 is 11.8 Å². The van der Waals surface area contributed by atoms with Crippen LogP contribution in [0, 0.1) is 11.5 Å². The zero-order valence-corrected chi connectivity index (χ0v) is 12.4. The SMILES string of the molecule is CCCS(=O)(=O)c1ccc(N=C(NC#N)SC)cc1. The molecule has 0 amide bonds. The monoisotopic (exact) mass is 297 g/mol. The Bertz CT molecular complexity index is 586. The third-order valence-electron chi connectivity index (χ3n) is 2.26. The summed E-state index contributed by atoms with van der Waals surface area (Å²) in [6.07, 6.45) is 4.18. The first-order valence-electron chi connectivity index (χ1n) is 5.64. The molecular weight excluding hydrogens is 282 g/mol. The molecule has 0 saturated carbocycles. The van der Waals surface area contributed by atoms with Crippen LogP contribution < -0.4 is 5.32 Å². The van der Waals surface area contributed by atoms with Crippen LogP contribution in [0.2, 0.25) is 0 Å². The first-order valence-corrected chi connectivity index (χ1v) is 8.51. The highest BCUT2D eigenvalue weighted by Crippen LogP contribution is 2.19. The number of nitriles is 1. The van der Waals surface area contributed by atoms with Crippen molar-refractivity contribution in [3.05, 3.63) is 24.3 Å². The van der Waals surface area contributed by atoms with Crippen LogP contribution in [0.3, 0.4) is 0 Å². The van der Waals surface area contributed by atoms with E-state index in [1.807, 2.05) is 6.92 Å². The summed E-state index contributed by atoms with van der Waals surface area (Å²) in [5, 5.41) is 11.4. The fraction of sp³-hybridized carbons (Fsp3) is 0.333. The van der Waals surface area contributed by atoms with Gasteiger partial charge in [0, 0.05) is 0 Å². The molecule has 0 aliphatic rings. The number of nitrogens with zero attached hydrogens (tertiary/aromatic N) is 2. The van der Waals surface area contributed by atoms with Crippen LogP contribution in [-0.4, -0.2) is 25.6 Å². The Morgan fingerprint density at radius 2 is 2.05 bits per heavy atom. The molecule has 5 nitrogen and oxygen atoms in total. The molecule has 0 spiro atoms. The maximum Gasteiger partial charge on any atom is 0.183 e. The maximum absolute atomic E-state index is 11.8. The lowest BCUT2D eigenvalue weighted by atomic mass is 10.3. The predicted octanol–water partition coefficient (Wildman–Crippen LogP) is 2.29. The molecule has 7 heteroatoms. The molecule has 1 aromatic rings. The quantitative estimate of drug-likeness (QED) is 0.399. The zero-order chi connectivity index (χ0) is 14.3. The van der Waals surface area contributed by atoms with Gasteiger partial charge in [0.1, 0.15) is 0 Å². The lowest BCUT2D eigenvalue weighted by molar-refractivity contribution is 0.595. The fourth-order valence-corrected chi connectivity index (χ4v) is 3.07. The van der Waals surface area contributed by atoms with Crippen molar-refractivity contribution in [3.8, 4) is 6.19 Å². The number of hydrogen-bond donors (Lipinski definition) is 1. The standard InChI is InChI=1S/C12H15N3O2S2/c1-3-8-19(16,17)11-6-4-10(5-7-11)15-12(18-2)14-9-13/h4-7H,3,8H2,1-2H3,(H,14,15). The van der Waals surface area contributed by atoms with Gasteiger partial charge in [-0.1, -0.05) is 18.7 Å². The molecule has 1 aromatic carbocycles. The van der Waals surface area contributed by atoms with Crippen molar-refractivity contribution in [1.82, 2.24) is 5.32 Å². The Kier molecular flexibility index (Phi) is 5.86. The Labute approximate surface area is 117 Å². The molecule has 0 aliphatic heterocycles. The van der Waals surface area contributed by atoms with Crippen LogP contribution in [0.5, 0.6) is 0 Å². The first kappa shape index (κ1) is 15.5. The second-order valence-corrected chi connectivity index (χ2v) is 6.57. The largest absolute Gasteiger partial charge is 0.271 e. The molecule has 0 unspecified atom stereocenters. The summed E-state index contributed by atoms with van der Waals surface area (Å²) in [7, 11) is -3.19. The molecule has 1 N–H and O–H groups in total. The zero-order valence-electron chi connectivity index (χ0n) is 10.8. The van der Waals surface area contributed by atoms with E-state index in [4.69, 9.17) is 5.26 Å². The number of aliphatic imine (C=N–C) groups is 1. The summed E-state index contributed by atoms with van der Waals surface area (Å²) in [5.74, 6) is 0.141. The molecule has 0 radical (unpaired) electrons. The smallest absolute Gasteiger partial charge is 0.183 e. The summed E-state index contributed by atoms with van der Waals surface area (Å²) < 4.78 is 23.7. The molecule has 0 aromatic heterocycles. The van der Waals surface area contributed by atoms with E-state index in [0.29, 0.717) is 22.2 Å². The van der Waals surface area contributed by atoms with E-state index in [1.165, 1.54) is 23.9 Å². The van der Waals surface area contributed by atoms with E-state index in [1.54, 1.807) is 24.6 Å². The average molecular weight is 297 g/mol. The normalized spacial score (nSPS) is 11.9. The Morgan fingerprint density at radius 1 is 1.42 bits per heavy atom. The lowest BCUT2D eigenvalue weighted by Gasteiger charge is -2.03. The molecule has 0 heterocycles. The second-order valence-electron chi connectivity index (χ2n) is 3.67. The van der Waals surface area contributed by atoms with Crippen molar-refractivity contribution >= 4 is 32.5 Å². The fourth-order valence-electron chi connectivity index (χ4n) is 1.40. The van der Waals surface area contributed by atoms with E-state index >= 15 is 0 Å². The summed E-state index contributed by atoms with van der Waals surface area (Å²) >= 11 is 1.31. The molecule has 0 bridgehead atoms. The highest BCUT2D eigenvalue weighted by atomic mass is 32.2. The Hall–Kier alpha value is -1.52. The van der Waals surface area contributed by atoms with Gasteiger partial charge in [-0.25, -0.2) is 13.4 Å². The summed E-state index contributed by atoms with van der Waals surface area (Å²) in [6, 6.07) is 6.32. The van der Waals surface area contributed by atoms with Crippen molar-refractivity contribution in [1.29, 1.82) is 5.26 Å². The minimum absolute atomic E-state index is 0.141. The number of amidine groups is 1. The third-order valence-corrected chi connectivity index (χ3v) is 4.77. The van der Waals surface area contributed by atoms with Crippen molar-refractivity contribution in [3.63, 3.8) is 0 Å². The molecule has 102 valence electrons. The maximum atomic E-state index is 11.8. The number of hydrogen-bond acceptors (Lipinski definition) is 5. The number of nitrogens with one attached hydrogen (secondary N) is 1. The van der Waals surface area contributed by atoms with E-state index in [9.17, 15) is 8.42 Å². The van der Waals surface area contributed by atoms with Gasteiger partial charge in [-0.05, 0) is 36.9 Å². The van der Waals surface area contributed by atoms with Crippen LogP contribution in [0.25, 0.3) is 0 Å². The molecular formula is C12H15N3O2S2. The van der Waals surface area contributed by atoms with Gasteiger partial charge in [0.25, 0.3) is 0 Å². The minimum atomic E-state index is -3.19. The van der Waals surface area contributed by atoms with Crippen molar-refractivity contribution < 1.29 is 8.42 Å². The van der Waals surface area contributed by atoms with Gasteiger partial charge in [-0.3, -0.25) is 5.32 Å². The number of thioether (sulfide) groups is 1. The predicted molar refractivity (Wildman–Crippen MR) is 78.1 cm³/mol. The van der Waals surface area contributed by atoms with Gasteiger partial charge < -0.3 is 0 Å². The van der Waals surface area contributed by atoms with Crippen LogP contribution in [0.15, 0.2) is 34.2 Å². The van der Waals surface area contributed by atoms with Crippen molar-refractivity contribution in [2.24, 2.45) is 4.99 Å². The van der Waals surface area contributed by atoms with Gasteiger partial charge >= 0.3 is 0 Å². The Morgan fingerprint density at radius 3 is 2.53 bits per heavy atom. The number of sulfone groups is 1. The third kappa shape index (κ3) is 4.58. The topological polar surface area (TPSA) is 82.3 Å². The molecule has 0 aliphatic carbocycles. The van der Waals surface area contributed by atoms with Crippen molar-refractivity contribution in [2.75, 3.05) is 12.0 Å². The summed E-state index contributed by atoms with van der Waals surface area (Å²) in [5.41, 5.74) is 0.600. The average Bonchev–Trinajstić information content (AvgIpc) is 2.39. The molecule has 1 rings (SSSR count). The van der Waals surface area contributed by atoms with E-state index < -0.39 is 9.84 Å². The first-order chi connectivity index (χ1) is 9.03. The van der Waals surface area contributed by atoms with Gasteiger partial charge in [0.05, 0.1) is 16.3 Å². The minimum Gasteiger partial charge on any atom is -0.271 e. The molecule has 0 atom stereocenters. The van der Waals surface area contributed by atoms with Crippen LogP contribution in [0.4, 0.5) is 5.69 Å². The van der Waals surface area contributed by atoms with E-state index in [2.05, 4.69) is 10.3 Å². The molecule has 0 fully saturated rings. The van der Waals surface area contributed by atoms with Crippen molar-refractivity contribution in [2.45, 2.75) is 18.2 Å². The molecule has 0 saturated heterocycles. The number of rotatable bonds is 4. The number of benzene rings is 1.